The van der Waals surface area contributed by atoms with Crippen molar-refractivity contribution in [3.63, 3.8) is 0 Å². The fourth-order valence-corrected chi connectivity index (χ4v) is 11.9. The molecular formula is C72H136O17P2. The Balaban J connectivity index is 5.25. The Hall–Kier alpha value is -2.46. The molecule has 0 saturated heterocycles. The quantitative estimate of drug-likeness (QED) is 0.0169. The molecule has 0 bridgehead atoms. The van der Waals surface area contributed by atoms with Gasteiger partial charge >= 0.3 is 39.5 Å². The van der Waals surface area contributed by atoms with E-state index in [1.165, 1.54) is 122 Å². The average Bonchev–Trinajstić information content (AvgIpc) is 3.45. The Bertz CT molecular complexity index is 1880. The summed E-state index contributed by atoms with van der Waals surface area (Å²) in [5.74, 6) is 0.0202. The van der Waals surface area contributed by atoms with Crippen LogP contribution < -0.4 is 0 Å². The second-order valence-corrected chi connectivity index (χ2v) is 29.6. The van der Waals surface area contributed by atoms with Crippen LogP contribution in [-0.2, 0) is 65.4 Å². The van der Waals surface area contributed by atoms with E-state index in [1.807, 2.05) is 0 Å². The molecule has 3 N–H and O–H groups in total. The van der Waals surface area contributed by atoms with E-state index in [-0.39, 0.29) is 25.7 Å². The molecule has 0 saturated carbocycles. The third-order valence-corrected chi connectivity index (χ3v) is 17.9. The number of ether oxygens (including phenoxy) is 4. The summed E-state index contributed by atoms with van der Waals surface area (Å²) in [4.78, 5) is 72.5. The van der Waals surface area contributed by atoms with Gasteiger partial charge in [-0.15, -0.1) is 0 Å². The Morgan fingerprint density at radius 3 is 0.890 bits per heavy atom. The van der Waals surface area contributed by atoms with Gasteiger partial charge in [-0.25, -0.2) is 9.13 Å². The summed E-state index contributed by atoms with van der Waals surface area (Å²) in [7, 11) is -9.91. The normalized spacial score (nSPS) is 14.3. The van der Waals surface area contributed by atoms with Gasteiger partial charge in [0.15, 0.2) is 12.2 Å². The fourth-order valence-electron chi connectivity index (χ4n) is 10.4. The van der Waals surface area contributed by atoms with Gasteiger partial charge in [0.2, 0.25) is 0 Å². The van der Waals surface area contributed by atoms with Crippen LogP contribution in [0.1, 0.15) is 337 Å². The van der Waals surface area contributed by atoms with E-state index in [9.17, 15) is 43.2 Å². The van der Waals surface area contributed by atoms with E-state index in [0.29, 0.717) is 37.5 Å². The van der Waals surface area contributed by atoms with Crippen molar-refractivity contribution in [2.75, 3.05) is 39.6 Å². The summed E-state index contributed by atoms with van der Waals surface area (Å²) >= 11 is 0. The van der Waals surface area contributed by atoms with Crippen molar-refractivity contribution < 1.29 is 80.2 Å². The van der Waals surface area contributed by atoms with Gasteiger partial charge in [-0.05, 0) is 69.1 Å². The molecule has 0 amide bonds. The van der Waals surface area contributed by atoms with Gasteiger partial charge < -0.3 is 33.8 Å². The largest absolute Gasteiger partial charge is 0.472 e. The number of unbranched alkanes of at least 4 members (excludes halogenated alkanes) is 33. The molecule has 536 valence electrons. The summed E-state index contributed by atoms with van der Waals surface area (Å²) in [6.07, 6.45) is 49.6. The molecule has 0 fully saturated rings. The standard InChI is InChI=1S/C72H136O17P2/c1-8-9-10-11-12-13-14-15-16-19-22-25-31-39-46-53-69(74)82-59-67(89-72(77)56-49-42-33-28-27-30-37-44-51-64(4)5)61-86-90(78,79)84-57-66(73)58-85-91(80,81)87-62-68(60-83-70(75)54-47-40-35-34-38-45-52-65(6)7)88-71(76)55-48-41-32-26-23-20-17-18-21-24-29-36-43-50-63(2)3/h13-16,63-68,73H,8-12,17-62H2,1-7H3,(H,78,79)(H,80,81)/b14-13-,16-15-/t66-,67-,68-/m1/s1. The molecule has 0 aromatic rings. The molecule has 0 heterocycles. The van der Waals surface area contributed by atoms with Gasteiger partial charge in [0.05, 0.1) is 26.4 Å². The number of allylic oxidation sites excluding steroid dienone is 4. The van der Waals surface area contributed by atoms with Crippen LogP contribution in [0.4, 0.5) is 0 Å². The van der Waals surface area contributed by atoms with Gasteiger partial charge in [0, 0.05) is 25.7 Å². The molecule has 0 radical (unpaired) electrons. The second-order valence-electron chi connectivity index (χ2n) is 26.7. The Labute approximate surface area is 554 Å². The molecule has 0 aliphatic heterocycles. The average molecular weight is 1340 g/mol. The van der Waals surface area contributed by atoms with Gasteiger partial charge in [-0.1, -0.05) is 285 Å². The maximum atomic E-state index is 13.0. The Morgan fingerprint density at radius 2 is 0.593 bits per heavy atom. The maximum Gasteiger partial charge on any atom is 0.472 e. The number of rotatable bonds is 68. The van der Waals surface area contributed by atoms with Gasteiger partial charge in [-0.3, -0.25) is 37.3 Å². The first-order chi connectivity index (χ1) is 43.7. The lowest BCUT2D eigenvalue weighted by Crippen LogP contribution is -2.30. The number of phosphoric ester groups is 2. The molecule has 0 aliphatic rings. The lowest BCUT2D eigenvalue weighted by atomic mass is 10.0. The van der Waals surface area contributed by atoms with Crippen LogP contribution in [-0.4, -0.2) is 96.7 Å². The van der Waals surface area contributed by atoms with Gasteiger partial charge in [0.1, 0.15) is 19.3 Å². The molecule has 0 rings (SSSR count). The van der Waals surface area contributed by atoms with Crippen LogP contribution >= 0.6 is 15.6 Å². The lowest BCUT2D eigenvalue weighted by molar-refractivity contribution is -0.161. The van der Waals surface area contributed by atoms with Crippen molar-refractivity contribution in [2.45, 2.75) is 356 Å². The summed E-state index contributed by atoms with van der Waals surface area (Å²) in [6, 6.07) is 0. The molecule has 2 unspecified atom stereocenters. The lowest BCUT2D eigenvalue weighted by Gasteiger charge is -2.21. The van der Waals surface area contributed by atoms with Crippen molar-refractivity contribution in [3.8, 4) is 0 Å². The molecular weight excluding hydrogens is 1200 g/mol. The molecule has 19 heteroatoms. The van der Waals surface area contributed by atoms with Crippen molar-refractivity contribution in [1.82, 2.24) is 0 Å². The number of hydrogen-bond donors (Lipinski definition) is 3. The molecule has 0 aromatic heterocycles. The highest BCUT2D eigenvalue weighted by Gasteiger charge is 2.30. The summed E-state index contributed by atoms with van der Waals surface area (Å²) < 4.78 is 68.3. The number of aliphatic hydroxyl groups excluding tert-OH is 1. The van der Waals surface area contributed by atoms with Gasteiger partial charge in [-0.2, -0.15) is 0 Å². The van der Waals surface area contributed by atoms with E-state index in [4.69, 9.17) is 37.0 Å². The molecule has 0 aliphatic carbocycles. The first-order valence-corrected chi connectivity index (χ1v) is 39.7. The Kier molecular flexibility index (Phi) is 60.7. The minimum atomic E-state index is -4.96. The van der Waals surface area contributed by atoms with E-state index in [2.05, 4.69) is 72.8 Å². The maximum absolute atomic E-state index is 13.0. The van der Waals surface area contributed by atoms with Crippen molar-refractivity contribution in [3.05, 3.63) is 24.3 Å². The minimum Gasteiger partial charge on any atom is -0.462 e. The number of carbonyl (C=O) groups excluding carboxylic acids is 4. The van der Waals surface area contributed by atoms with Crippen LogP contribution in [0.5, 0.6) is 0 Å². The summed E-state index contributed by atoms with van der Waals surface area (Å²) in [5, 5.41) is 10.6. The molecule has 0 aromatic carbocycles. The predicted molar refractivity (Wildman–Crippen MR) is 367 cm³/mol. The third kappa shape index (κ3) is 66.0. The van der Waals surface area contributed by atoms with Crippen molar-refractivity contribution >= 4 is 39.5 Å². The topological polar surface area (TPSA) is 237 Å². The van der Waals surface area contributed by atoms with E-state index >= 15 is 0 Å². The first kappa shape index (κ1) is 88.5. The second kappa shape index (κ2) is 62.4. The number of esters is 4. The molecule has 0 spiro atoms. The van der Waals surface area contributed by atoms with E-state index < -0.39 is 97.5 Å². The van der Waals surface area contributed by atoms with E-state index in [1.54, 1.807) is 0 Å². The molecule has 5 atom stereocenters. The molecule has 91 heavy (non-hydrogen) atoms. The predicted octanol–water partition coefficient (Wildman–Crippen LogP) is 20.2. The first-order valence-electron chi connectivity index (χ1n) is 36.7. The zero-order valence-corrected chi connectivity index (χ0v) is 60.6. The highest BCUT2D eigenvalue weighted by Crippen LogP contribution is 2.45. The zero-order chi connectivity index (χ0) is 67.3. The Morgan fingerprint density at radius 1 is 0.341 bits per heavy atom. The summed E-state index contributed by atoms with van der Waals surface area (Å²) in [5.41, 5.74) is 0. The monoisotopic (exact) mass is 1330 g/mol. The third-order valence-electron chi connectivity index (χ3n) is 16.0. The highest BCUT2D eigenvalue weighted by molar-refractivity contribution is 7.47. The smallest absolute Gasteiger partial charge is 0.462 e. The van der Waals surface area contributed by atoms with E-state index in [0.717, 1.165) is 121 Å². The van der Waals surface area contributed by atoms with Crippen molar-refractivity contribution in [2.24, 2.45) is 17.8 Å². The SMILES string of the molecule is CCCCCC/C=C\C=C/CCCCCCCC(=O)OC[C@H](COP(=O)(O)OC[C@@H](O)COP(=O)(O)OC[C@@H](COC(=O)CCCCCCCCC(C)C)OC(=O)CCCCCCCCCCCCCCCC(C)C)OC(=O)CCCCCCCCCCC(C)C. The van der Waals surface area contributed by atoms with Crippen LogP contribution in [0, 0.1) is 17.8 Å². The van der Waals surface area contributed by atoms with Gasteiger partial charge in [0.25, 0.3) is 0 Å². The number of aliphatic hydroxyl groups is 1. The number of carbonyl (C=O) groups is 4. The highest BCUT2D eigenvalue weighted by atomic mass is 31.2. The minimum absolute atomic E-state index is 0.0972. The van der Waals surface area contributed by atoms with Crippen LogP contribution in [0.15, 0.2) is 24.3 Å². The van der Waals surface area contributed by atoms with Crippen LogP contribution in [0.3, 0.4) is 0 Å². The fraction of sp³-hybridized carbons (Fsp3) is 0.889. The van der Waals surface area contributed by atoms with Crippen LogP contribution in [0.25, 0.3) is 0 Å². The number of hydrogen-bond acceptors (Lipinski definition) is 15. The molecule has 17 nitrogen and oxygen atoms in total. The summed E-state index contributed by atoms with van der Waals surface area (Å²) in [6.45, 7) is 11.7. The van der Waals surface area contributed by atoms with Crippen molar-refractivity contribution in [1.29, 1.82) is 0 Å². The number of phosphoric acid groups is 2. The van der Waals surface area contributed by atoms with Crippen LogP contribution in [0.2, 0.25) is 0 Å². The zero-order valence-electron chi connectivity index (χ0n) is 58.8.